The van der Waals surface area contributed by atoms with E-state index < -0.39 is 42.2 Å². The van der Waals surface area contributed by atoms with Crippen molar-refractivity contribution in [3.05, 3.63) is 5.15 Å². The van der Waals surface area contributed by atoms with E-state index in [1.54, 1.807) is 19.2 Å². The molecule has 2 heterocycles. The molecule has 2 aliphatic rings. The van der Waals surface area contributed by atoms with Gasteiger partial charge in [0, 0.05) is 5.75 Å². The third-order valence-electron chi connectivity index (χ3n) is 4.93. The number of carbonyl (C=O) groups excluding carboxylic acids is 1. The van der Waals surface area contributed by atoms with Gasteiger partial charge in [0.05, 0.1) is 25.4 Å². The lowest BCUT2D eigenvalue weighted by atomic mass is 10.2. The Morgan fingerprint density at radius 3 is 2.67 bits per heavy atom. The fourth-order valence-corrected chi connectivity index (χ4v) is 4.65. The molecule has 33 heavy (non-hydrogen) atoms. The number of thioether (sulfide) groups is 1. The minimum atomic E-state index is -5.12. The molecule has 0 aromatic carbocycles. The second kappa shape index (κ2) is 10.5. The van der Waals surface area contributed by atoms with Gasteiger partial charge in [0.2, 0.25) is 0 Å². The number of aromatic nitrogens is 2. The van der Waals surface area contributed by atoms with E-state index in [1.807, 2.05) is 6.92 Å². The lowest BCUT2D eigenvalue weighted by Gasteiger charge is -2.25. The number of aliphatic hydroxyl groups is 1. The van der Waals surface area contributed by atoms with E-state index >= 15 is 0 Å². The Bertz CT molecular complexity index is 863. The molecular formula is C19H26ClF3N4O5S. The molecule has 0 radical (unpaired) electrons. The van der Waals surface area contributed by atoms with Crippen molar-refractivity contribution >= 4 is 40.8 Å². The van der Waals surface area contributed by atoms with Crippen LogP contribution in [0.3, 0.4) is 0 Å². The number of carbonyl (C=O) groups is 1. The van der Waals surface area contributed by atoms with E-state index in [-0.39, 0.29) is 35.0 Å². The molecular weight excluding hydrogens is 489 g/mol. The standard InChI is InChI=1S/C19H26ClF3N4O5S/c1-4-7-33-17-26-14(20)11(25-16(29)19(21,22)23)15(27-17)24-9-8-10(30-6-5-28)13-12(9)31-18(2,3)32-13/h9-10,12-13,28H,4-8H2,1-3H3,(H,25,29)(H,24,26,27)/t9-,10+,12+,13-/m1/s1. The average Bonchev–Trinajstić information content (AvgIpc) is 3.19. The maximum Gasteiger partial charge on any atom is 0.471 e. The minimum Gasteiger partial charge on any atom is -0.394 e. The average molecular weight is 515 g/mol. The van der Waals surface area contributed by atoms with Crippen LogP contribution in [0.15, 0.2) is 5.16 Å². The zero-order valence-electron chi connectivity index (χ0n) is 18.2. The Balaban J connectivity index is 1.91. The van der Waals surface area contributed by atoms with Crippen LogP contribution in [0.25, 0.3) is 0 Å². The predicted molar refractivity (Wildman–Crippen MR) is 115 cm³/mol. The molecule has 1 saturated carbocycles. The maximum absolute atomic E-state index is 12.9. The predicted octanol–water partition coefficient (Wildman–Crippen LogP) is 3.21. The number of ether oxygens (including phenoxy) is 3. The fourth-order valence-electron chi connectivity index (χ4n) is 3.69. The SMILES string of the molecule is CCCSc1nc(Cl)c(NC(=O)C(F)(F)F)c(N[C@@H]2C[C@H](OCCO)[C@H]3OC(C)(C)O[C@H]32)n1. The van der Waals surface area contributed by atoms with Crippen LogP contribution in [0.2, 0.25) is 5.15 Å². The van der Waals surface area contributed by atoms with Crippen LogP contribution in [0.1, 0.15) is 33.6 Å². The van der Waals surface area contributed by atoms with Gasteiger partial charge in [0.1, 0.15) is 17.9 Å². The first kappa shape index (κ1) is 26.2. The van der Waals surface area contributed by atoms with Gasteiger partial charge in [0.15, 0.2) is 21.9 Å². The van der Waals surface area contributed by atoms with Gasteiger partial charge in [-0.1, -0.05) is 30.3 Å². The van der Waals surface area contributed by atoms with Gasteiger partial charge in [-0.15, -0.1) is 0 Å². The highest BCUT2D eigenvalue weighted by Crippen LogP contribution is 2.42. The molecule has 2 fully saturated rings. The third-order valence-corrected chi connectivity index (χ3v) is 6.26. The first-order valence-electron chi connectivity index (χ1n) is 10.4. The quantitative estimate of drug-likeness (QED) is 0.259. The maximum atomic E-state index is 12.9. The number of alkyl halides is 3. The smallest absolute Gasteiger partial charge is 0.394 e. The van der Waals surface area contributed by atoms with Crippen LogP contribution in [0, 0.1) is 0 Å². The second-order valence-corrected chi connectivity index (χ2v) is 9.43. The van der Waals surface area contributed by atoms with Crippen molar-refractivity contribution in [1.82, 2.24) is 9.97 Å². The number of hydrogen-bond donors (Lipinski definition) is 3. The first-order valence-corrected chi connectivity index (χ1v) is 11.7. The van der Waals surface area contributed by atoms with Crippen molar-refractivity contribution in [3.8, 4) is 0 Å². The van der Waals surface area contributed by atoms with Gasteiger partial charge in [-0.2, -0.15) is 13.2 Å². The van der Waals surface area contributed by atoms with Crippen molar-refractivity contribution in [2.45, 2.75) is 75.1 Å². The molecule has 4 atom stereocenters. The van der Waals surface area contributed by atoms with E-state index in [9.17, 15) is 18.0 Å². The van der Waals surface area contributed by atoms with Crippen LogP contribution in [-0.2, 0) is 19.0 Å². The van der Waals surface area contributed by atoms with Crippen molar-refractivity contribution in [3.63, 3.8) is 0 Å². The summed E-state index contributed by atoms with van der Waals surface area (Å²) in [5, 5.41) is 13.9. The van der Waals surface area contributed by atoms with Crippen molar-refractivity contribution < 1.29 is 37.3 Å². The Hall–Kier alpha value is -1.38. The topological polar surface area (TPSA) is 115 Å². The number of hydrogen-bond acceptors (Lipinski definition) is 9. The highest BCUT2D eigenvalue weighted by atomic mass is 35.5. The second-order valence-electron chi connectivity index (χ2n) is 8.01. The number of aliphatic hydroxyl groups excluding tert-OH is 1. The highest BCUT2D eigenvalue weighted by Gasteiger charge is 2.55. The van der Waals surface area contributed by atoms with Gasteiger partial charge in [0.25, 0.3) is 0 Å². The Kier molecular flexibility index (Phi) is 8.33. The number of nitrogens with zero attached hydrogens (tertiary/aromatic N) is 2. The third kappa shape index (κ3) is 6.40. The molecule has 1 aliphatic heterocycles. The monoisotopic (exact) mass is 514 g/mol. The van der Waals surface area contributed by atoms with Crippen LogP contribution < -0.4 is 10.6 Å². The summed E-state index contributed by atoms with van der Waals surface area (Å²) in [7, 11) is 0. The summed E-state index contributed by atoms with van der Waals surface area (Å²) in [5.74, 6) is -2.50. The summed E-state index contributed by atoms with van der Waals surface area (Å²) in [6.07, 6.45) is -5.36. The number of halogens is 4. The summed E-state index contributed by atoms with van der Waals surface area (Å²) in [5.41, 5.74) is -0.380. The Labute approximate surface area is 198 Å². The highest BCUT2D eigenvalue weighted by molar-refractivity contribution is 7.99. The summed E-state index contributed by atoms with van der Waals surface area (Å²) >= 11 is 7.43. The van der Waals surface area contributed by atoms with Gasteiger partial charge in [-0.3, -0.25) is 4.79 Å². The van der Waals surface area contributed by atoms with Crippen LogP contribution >= 0.6 is 23.4 Å². The molecule has 3 N–H and O–H groups in total. The molecule has 0 bridgehead atoms. The number of amides is 1. The lowest BCUT2D eigenvalue weighted by Crippen LogP contribution is -2.36. The largest absolute Gasteiger partial charge is 0.471 e. The normalized spacial score (nSPS) is 26.3. The molecule has 1 aliphatic carbocycles. The zero-order chi connectivity index (χ0) is 24.4. The van der Waals surface area contributed by atoms with Gasteiger partial charge in [-0.25, -0.2) is 9.97 Å². The van der Waals surface area contributed by atoms with E-state index in [2.05, 4.69) is 15.3 Å². The Morgan fingerprint density at radius 1 is 1.33 bits per heavy atom. The fraction of sp³-hybridized carbons (Fsp3) is 0.737. The summed E-state index contributed by atoms with van der Waals surface area (Å²) in [4.78, 5) is 19.9. The molecule has 14 heteroatoms. The van der Waals surface area contributed by atoms with Crippen LogP contribution in [0.4, 0.5) is 24.7 Å². The summed E-state index contributed by atoms with van der Waals surface area (Å²) in [6.45, 7) is 5.34. The van der Waals surface area contributed by atoms with E-state index in [0.29, 0.717) is 12.2 Å². The molecule has 1 saturated heterocycles. The lowest BCUT2D eigenvalue weighted by molar-refractivity contribution is -0.167. The Morgan fingerprint density at radius 2 is 2.03 bits per heavy atom. The van der Waals surface area contributed by atoms with Crippen LogP contribution in [0.5, 0.6) is 0 Å². The molecule has 186 valence electrons. The van der Waals surface area contributed by atoms with Gasteiger partial charge < -0.3 is 30.0 Å². The molecule has 1 aromatic heterocycles. The zero-order valence-corrected chi connectivity index (χ0v) is 19.8. The van der Waals surface area contributed by atoms with Gasteiger partial charge >= 0.3 is 12.1 Å². The van der Waals surface area contributed by atoms with Crippen molar-refractivity contribution in [2.75, 3.05) is 29.6 Å². The number of fused-ring (bicyclic) bond motifs is 1. The first-order chi connectivity index (χ1) is 15.4. The summed E-state index contributed by atoms with van der Waals surface area (Å²) in [6, 6.07) is -0.489. The summed E-state index contributed by atoms with van der Waals surface area (Å²) < 4.78 is 56.3. The molecule has 3 rings (SSSR count). The van der Waals surface area contributed by atoms with E-state index in [0.717, 1.165) is 6.42 Å². The number of nitrogens with one attached hydrogen (secondary N) is 2. The molecule has 0 spiro atoms. The van der Waals surface area contributed by atoms with Crippen molar-refractivity contribution in [2.24, 2.45) is 0 Å². The van der Waals surface area contributed by atoms with Gasteiger partial charge in [-0.05, 0) is 26.7 Å². The molecule has 1 aromatic rings. The number of rotatable bonds is 9. The van der Waals surface area contributed by atoms with E-state index in [1.165, 1.54) is 11.8 Å². The molecule has 1 amide bonds. The van der Waals surface area contributed by atoms with E-state index in [4.69, 9.17) is 30.9 Å². The van der Waals surface area contributed by atoms with Crippen LogP contribution in [-0.4, -0.2) is 76.3 Å². The number of anilines is 2. The minimum absolute atomic E-state index is 0.0638. The molecule has 0 unspecified atom stereocenters. The molecule has 9 nitrogen and oxygen atoms in total. The van der Waals surface area contributed by atoms with Crippen molar-refractivity contribution in [1.29, 1.82) is 0 Å².